The van der Waals surface area contributed by atoms with Crippen LogP contribution in [0.5, 0.6) is 0 Å². The molecule has 1 aliphatic heterocycles. The van der Waals surface area contributed by atoms with E-state index in [4.69, 9.17) is 4.74 Å². The molecule has 1 aliphatic carbocycles. The van der Waals surface area contributed by atoms with Crippen LogP contribution in [0.2, 0.25) is 0 Å². The average molecular weight is 250 g/mol. The van der Waals surface area contributed by atoms with E-state index in [-0.39, 0.29) is 6.61 Å². The molecule has 0 bridgehead atoms. The summed E-state index contributed by atoms with van der Waals surface area (Å²) in [5.41, 5.74) is -0.254. The summed E-state index contributed by atoms with van der Waals surface area (Å²) < 4.78 is 4.99. The summed E-state index contributed by atoms with van der Waals surface area (Å²) in [4.78, 5) is 16.1. The van der Waals surface area contributed by atoms with Gasteiger partial charge in [-0.25, -0.2) is 0 Å². The number of fused-ring (bicyclic) bond motifs is 1. The third kappa shape index (κ3) is 1.91. The average Bonchev–Trinajstić information content (AvgIpc) is 2.49. The molecular formula is C13H18N2O3. The Kier molecular flexibility index (Phi) is 3.67. The number of nitrogens with zero attached hydrogens (tertiary/aromatic N) is 2. The zero-order valence-electron chi connectivity index (χ0n) is 10.6. The Balaban J connectivity index is 2.35. The highest BCUT2D eigenvalue weighted by molar-refractivity contribution is 5.99. The molecule has 1 unspecified atom stereocenters. The molecule has 0 spiro atoms. The molecule has 18 heavy (non-hydrogen) atoms. The van der Waals surface area contributed by atoms with E-state index in [0.29, 0.717) is 18.6 Å². The number of hydrogen-bond acceptors (Lipinski definition) is 5. The van der Waals surface area contributed by atoms with Gasteiger partial charge in [0.1, 0.15) is 11.3 Å². The van der Waals surface area contributed by atoms with Crippen molar-refractivity contribution in [1.82, 2.24) is 0 Å². The largest absolute Gasteiger partial charge is 0.466 e. The standard InChI is InChI=1S/C13H18N2O3/c1-2-18-12(17)10-11(16)15-9-6-4-3-5-7-13(9,10)8-14/h10-11,16H,2-7H2,1H3/t10-,11-,13?/m0/s1. The number of aliphatic imine (C=N–C) groups is 1. The fourth-order valence-corrected chi connectivity index (χ4v) is 2.99. The van der Waals surface area contributed by atoms with E-state index in [9.17, 15) is 15.2 Å². The van der Waals surface area contributed by atoms with E-state index >= 15 is 0 Å². The van der Waals surface area contributed by atoms with Gasteiger partial charge in [0.05, 0.1) is 12.7 Å². The number of rotatable bonds is 2. The maximum absolute atomic E-state index is 12.0. The van der Waals surface area contributed by atoms with Crippen LogP contribution in [0.1, 0.15) is 39.0 Å². The number of aliphatic hydroxyl groups is 1. The van der Waals surface area contributed by atoms with Crippen molar-refractivity contribution in [1.29, 1.82) is 5.26 Å². The summed E-state index contributed by atoms with van der Waals surface area (Å²) in [6.45, 7) is 1.96. The first-order valence-corrected chi connectivity index (χ1v) is 6.49. The van der Waals surface area contributed by atoms with Crippen LogP contribution in [-0.4, -0.2) is 29.6 Å². The van der Waals surface area contributed by atoms with Crippen LogP contribution < -0.4 is 0 Å². The number of carbonyl (C=O) groups excluding carboxylic acids is 1. The van der Waals surface area contributed by atoms with E-state index in [1.807, 2.05) is 0 Å². The smallest absolute Gasteiger partial charge is 0.315 e. The van der Waals surface area contributed by atoms with Gasteiger partial charge in [0.2, 0.25) is 0 Å². The van der Waals surface area contributed by atoms with Crippen molar-refractivity contribution in [2.75, 3.05) is 6.61 Å². The summed E-state index contributed by atoms with van der Waals surface area (Å²) >= 11 is 0. The predicted molar refractivity (Wildman–Crippen MR) is 64.7 cm³/mol. The number of aliphatic hydroxyl groups excluding tert-OH is 1. The van der Waals surface area contributed by atoms with Crippen LogP contribution in [0, 0.1) is 22.7 Å². The molecule has 2 aliphatic rings. The number of ether oxygens (including phenoxy) is 1. The van der Waals surface area contributed by atoms with E-state index in [1.165, 1.54) is 0 Å². The molecule has 1 heterocycles. The van der Waals surface area contributed by atoms with Crippen molar-refractivity contribution in [2.45, 2.75) is 45.3 Å². The van der Waals surface area contributed by atoms with Crippen molar-refractivity contribution < 1.29 is 14.6 Å². The molecule has 1 saturated carbocycles. The lowest BCUT2D eigenvalue weighted by Crippen LogP contribution is -2.41. The molecule has 0 amide bonds. The zero-order valence-corrected chi connectivity index (χ0v) is 10.6. The first kappa shape index (κ1) is 13.0. The lowest BCUT2D eigenvalue weighted by molar-refractivity contribution is -0.154. The lowest BCUT2D eigenvalue weighted by Gasteiger charge is -2.28. The molecule has 1 fully saturated rings. The molecule has 5 nitrogen and oxygen atoms in total. The van der Waals surface area contributed by atoms with Crippen molar-refractivity contribution in [3.63, 3.8) is 0 Å². The second-order valence-corrected chi connectivity index (χ2v) is 4.86. The number of esters is 1. The maximum atomic E-state index is 12.0. The van der Waals surface area contributed by atoms with Gasteiger partial charge in [-0.1, -0.05) is 12.8 Å². The molecule has 0 aromatic carbocycles. The summed E-state index contributed by atoms with van der Waals surface area (Å²) in [6.07, 6.45) is 3.04. The number of carbonyl (C=O) groups is 1. The molecule has 0 radical (unpaired) electrons. The topological polar surface area (TPSA) is 82.7 Å². The van der Waals surface area contributed by atoms with Crippen LogP contribution in [0.4, 0.5) is 0 Å². The Morgan fingerprint density at radius 3 is 3.06 bits per heavy atom. The molecule has 5 heteroatoms. The molecular weight excluding hydrogens is 232 g/mol. The van der Waals surface area contributed by atoms with E-state index < -0.39 is 23.5 Å². The fraction of sp³-hybridized carbons (Fsp3) is 0.769. The summed E-state index contributed by atoms with van der Waals surface area (Å²) in [5.74, 6) is -1.36. The van der Waals surface area contributed by atoms with Crippen LogP contribution in [0.15, 0.2) is 4.99 Å². The first-order valence-electron chi connectivity index (χ1n) is 6.49. The van der Waals surface area contributed by atoms with Crippen LogP contribution in [-0.2, 0) is 9.53 Å². The van der Waals surface area contributed by atoms with Gasteiger partial charge in [0.15, 0.2) is 6.23 Å². The second kappa shape index (κ2) is 5.07. The molecule has 3 atom stereocenters. The number of hydrogen-bond donors (Lipinski definition) is 1. The van der Waals surface area contributed by atoms with Crippen molar-refractivity contribution in [3.8, 4) is 6.07 Å². The minimum absolute atomic E-state index is 0.249. The van der Waals surface area contributed by atoms with E-state index in [1.54, 1.807) is 6.92 Å². The Morgan fingerprint density at radius 1 is 1.61 bits per heavy atom. The summed E-state index contributed by atoms with van der Waals surface area (Å²) in [7, 11) is 0. The molecule has 1 N–H and O–H groups in total. The summed E-state index contributed by atoms with van der Waals surface area (Å²) in [5, 5.41) is 19.5. The third-order valence-electron chi connectivity index (χ3n) is 3.86. The van der Waals surface area contributed by atoms with Crippen LogP contribution in [0.25, 0.3) is 0 Å². The van der Waals surface area contributed by atoms with E-state index in [0.717, 1.165) is 19.3 Å². The predicted octanol–water partition coefficient (Wildman–Crippen LogP) is 1.41. The minimum Gasteiger partial charge on any atom is -0.466 e. The van der Waals surface area contributed by atoms with Gasteiger partial charge in [0.25, 0.3) is 0 Å². The highest BCUT2D eigenvalue weighted by Gasteiger charge is 2.56. The first-order chi connectivity index (χ1) is 8.65. The van der Waals surface area contributed by atoms with E-state index in [2.05, 4.69) is 11.1 Å². The zero-order chi connectivity index (χ0) is 13.2. The van der Waals surface area contributed by atoms with Crippen molar-refractivity contribution >= 4 is 11.7 Å². The van der Waals surface area contributed by atoms with Crippen LogP contribution in [0.3, 0.4) is 0 Å². The Morgan fingerprint density at radius 2 is 2.39 bits per heavy atom. The Bertz CT molecular complexity index is 413. The molecule has 0 aromatic rings. The molecule has 0 saturated heterocycles. The van der Waals surface area contributed by atoms with Gasteiger partial charge in [-0.15, -0.1) is 0 Å². The minimum atomic E-state index is -1.13. The highest BCUT2D eigenvalue weighted by Crippen LogP contribution is 2.46. The van der Waals surface area contributed by atoms with Crippen molar-refractivity contribution in [3.05, 3.63) is 0 Å². The normalized spacial score (nSPS) is 35.1. The maximum Gasteiger partial charge on any atom is 0.315 e. The summed E-state index contributed by atoms with van der Waals surface area (Å²) in [6, 6.07) is 2.25. The lowest BCUT2D eigenvalue weighted by atomic mass is 9.71. The molecule has 0 aromatic heterocycles. The Hall–Kier alpha value is -1.41. The van der Waals surface area contributed by atoms with Gasteiger partial charge in [-0.3, -0.25) is 9.79 Å². The monoisotopic (exact) mass is 250 g/mol. The second-order valence-electron chi connectivity index (χ2n) is 4.86. The highest BCUT2D eigenvalue weighted by atomic mass is 16.5. The number of nitriles is 1. The van der Waals surface area contributed by atoms with Crippen LogP contribution >= 0.6 is 0 Å². The van der Waals surface area contributed by atoms with Gasteiger partial charge in [0, 0.05) is 5.71 Å². The quantitative estimate of drug-likeness (QED) is 0.751. The fourth-order valence-electron chi connectivity index (χ4n) is 2.99. The third-order valence-corrected chi connectivity index (χ3v) is 3.86. The van der Waals surface area contributed by atoms with Crippen molar-refractivity contribution in [2.24, 2.45) is 16.3 Å². The van der Waals surface area contributed by atoms with Gasteiger partial charge < -0.3 is 9.84 Å². The Labute approximate surface area is 106 Å². The van der Waals surface area contributed by atoms with Gasteiger partial charge >= 0.3 is 5.97 Å². The molecule has 98 valence electrons. The van der Waals surface area contributed by atoms with Gasteiger partial charge in [-0.2, -0.15) is 5.26 Å². The van der Waals surface area contributed by atoms with Gasteiger partial charge in [-0.05, 0) is 26.2 Å². The molecule has 2 rings (SSSR count). The SMILES string of the molecule is CCOC(=O)[C@@H]1[C@H](O)N=C2CCCCCC21C#N.